The molecule has 1 saturated carbocycles. The topological polar surface area (TPSA) is 66.4 Å². The molecular weight excluding hydrogens is 238 g/mol. The first-order valence-corrected chi connectivity index (χ1v) is 7.13. The molecule has 2 N–H and O–H groups in total. The molecule has 98 valence electrons. The largest absolute Gasteiger partial charge is 0.481 e. The SMILES string of the molecule is CC(C)SCC(=O)NCC1(C(=O)O)CCCC1. The molecule has 17 heavy (non-hydrogen) atoms. The third-order valence-corrected chi connectivity index (χ3v) is 4.28. The van der Waals surface area contributed by atoms with E-state index in [1.807, 2.05) is 13.8 Å². The van der Waals surface area contributed by atoms with Crippen LogP contribution in [0.2, 0.25) is 0 Å². The van der Waals surface area contributed by atoms with Gasteiger partial charge in [0.2, 0.25) is 5.91 Å². The summed E-state index contributed by atoms with van der Waals surface area (Å²) in [4.78, 5) is 22.8. The Balaban J connectivity index is 2.37. The van der Waals surface area contributed by atoms with E-state index in [2.05, 4.69) is 5.32 Å². The number of aliphatic carboxylic acids is 1. The van der Waals surface area contributed by atoms with Gasteiger partial charge in [0, 0.05) is 6.54 Å². The molecule has 1 amide bonds. The van der Waals surface area contributed by atoms with E-state index in [-0.39, 0.29) is 12.5 Å². The first-order chi connectivity index (χ1) is 7.96. The van der Waals surface area contributed by atoms with Crippen molar-refractivity contribution in [2.45, 2.75) is 44.8 Å². The Morgan fingerprint density at radius 3 is 2.41 bits per heavy atom. The zero-order valence-electron chi connectivity index (χ0n) is 10.5. The summed E-state index contributed by atoms with van der Waals surface area (Å²) < 4.78 is 0. The maximum atomic E-state index is 11.5. The fourth-order valence-electron chi connectivity index (χ4n) is 2.08. The van der Waals surface area contributed by atoms with Crippen LogP contribution in [0.1, 0.15) is 39.5 Å². The van der Waals surface area contributed by atoms with Gasteiger partial charge in [-0.25, -0.2) is 0 Å². The highest BCUT2D eigenvalue weighted by atomic mass is 32.2. The molecule has 0 atom stereocenters. The number of carboxylic acid groups (broad SMARTS) is 1. The van der Waals surface area contributed by atoms with Gasteiger partial charge in [-0.05, 0) is 18.1 Å². The van der Waals surface area contributed by atoms with E-state index in [1.165, 1.54) is 0 Å². The molecular formula is C12H21NO3S. The van der Waals surface area contributed by atoms with Gasteiger partial charge >= 0.3 is 5.97 Å². The van der Waals surface area contributed by atoms with Crippen LogP contribution in [0, 0.1) is 5.41 Å². The summed E-state index contributed by atoms with van der Waals surface area (Å²) in [5.41, 5.74) is -0.710. The quantitative estimate of drug-likeness (QED) is 0.764. The molecule has 0 radical (unpaired) electrons. The lowest BCUT2D eigenvalue weighted by atomic mass is 9.86. The highest BCUT2D eigenvalue weighted by molar-refractivity contribution is 8.00. The molecule has 0 heterocycles. The van der Waals surface area contributed by atoms with Gasteiger partial charge in [-0.1, -0.05) is 26.7 Å². The number of nitrogens with one attached hydrogen (secondary N) is 1. The number of hydrogen-bond acceptors (Lipinski definition) is 3. The predicted octanol–water partition coefficient (Wildman–Crippen LogP) is 1.89. The Bertz CT molecular complexity index is 285. The minimum atomic E-state index is -0.771. The van der Waals surface area contributed by atoms with Gasteiger partial charge in [-0.2, -0.15) is 0 Å². The molecule has 0 spiro atoms. The fourth-order valence-corrected chi connectivity index (χ4v) is 2.67. The van der Waals surface area contributed by atoms with Crippen molar-refractivity contribution < 1.29 is 14.7 Å². The van der Waals surface area contributed by atoms with Gasteiger partial charge in [0.1, 0.15) is 0 Å². The van der Waals surface area contributed by atoms with Crippen molar-refractivity contribution in [2.75, 3.05) is 12.3 Å². The molecule has 1 aliphatic rings. The van der Waals surface area contributed by atoms with Gasteiger partial charge < -0.3 is 10.4 Å². The minimum absolute atomic E-state index is 0.0591. The Morgan fingerprint density at radius 1 is 1.35 bits per heavy atom. The summed E-state index contributed by atoms with van der Waals surface area (Å²) in [7, 11) is 0. The smallest absolute Gasteiger partial charge is 0.311 e. The molecule has 1 fully saturated rings. The van der Waals surface area contributed by atoms with Gasteiger partial charge in [0.15, 0.2) is 0 Å². The third-order valence-electron chi connectivity index (χ3n) is 3.19. The van der Waals surface area contributed by atoms with Crippen molar-refractivity contribution in [3.8, 4) is 0 Å². The molecule has 1 aliphatic carbocycles. The predicted molar refractivity (Wildman–Crippen MR) is 69.1 cm³/mol. The fraction of sp³-hybridized carbons (Fsp3) is 0.833. The summed E-state index contributed by atoms with van der Waals surface area (Å²) >= 11 is 1.57. The first-order valence-electron chi connectivity index (χ1n) is 6.08. The maximum absolute atomic E-state index is 11.5. The highest BCUT2D eigenvalue weighted by Crippen LogP contribution is 2.37. The zero-order chi connectivity index (χ0) is 12.9. The van der Waals surface area contributed by atoms with Crippen molar-refractivity contribution >= 4 is 23.6 Å². The van der Waals surface area contributed by atoms with E-state index < -0.39 is 11.4 Å². The molecule has 0 unspecified atom stereocenters. The Labute approximate surface area is 107 Å². The van der Waals surface area contributed by atoms with Crippen LogP contribution in [0.4, 0.5) is 0 Å². The normalized spacial score (nSPS) is 18.3. The van der Waals surface area contributed by atoms with E-state index in [1.54, 1.807) is 11.8 Å². The lowest BCUT2D eigenvalue weighted by Gasteiger charge is -2.24. The molecule has 1 rings (SSSR count). The van der Waals surface area contributed by atoms with Crippen molar-refractivity contribution in [1.29, 1.82) is 0 Å². The monoisotopic (exact) mass is 259 g/mol. The molecule has 0 aromatic carbocycles. The average Bonchev–Trinajstić information content (AvgIpc) is 2.73. The maximum Gasteiger partial charge on any atom is 0.311 e. The summed E-state index contributed by atoms with van der Waals surface area (Å²) in [5, 5.41) is 12.4. The second-order valence-corrected chi connectivity index (χ2v) is 6.49. The van der Waals surface area contributed by atoms with E-state index in [0.717, 1.165) is 12.8 Å². The van der Waals surface area contributed by atoms with Crippen LogP contribution in [0.15, 0.2) is 0 Å². The number of amides is 1. The molecule has 0 aliphatic heterocycles. The summed E-state index contributed by atoms with van der Waals surface area (Å²) in [5.74, 6) is -0.420. The summed E-state index contributed by atoms with van der Waals surface area (Å²) in [6.45, 7) is 4.35. The molecule has 5 heteroatoms. The Hall–Kier alpha value is -0.710. The number of carbonyl (C=O) groups is 2. The molecule has 0 bridgehead atoms. The van der Waals surface area contributed by atoms with Crippen molar-refractivity contribution in [2.24, 2.45) is 5.41 Å². The van der Waals surface area contributed by atoms with E-state index >= 15 is 0 Å². The van der Waals surface area contributed by atoms with Crippen molar-refractivity contribution in [3.05, 3.63) is 0 Å². The van der Waals surface area contributed by atoms with E-state index in [4.69, 9.17) is 0 Å². The lowest BCUT2D eigenvalue weighted by Crippen LogP contribution is -2.41. The summed E-state index contributed by atoms with van der Waals surface area (Å²) in [6.07, 6.45) is 3.26. The van der Waals surface area contributed by atoms with Crippen LogP contribution in [-0.2, 0) is 9.59 Å². The molecule has 4 nitrogen and oxygen atoms in total. The number of rotatable bonds is 6. The van der Waals surface area contributed by atoms with Crippen LogP contribution < -0.4 is 5.32 Å². The minimum Gasteiger partial charge on any atom is -0.481 e. The van der Waals surface area contributed by atoms with Crippen LogP contribution in [0.3, 0.4) is 0 Å². The average molecular weight is 259 g/mol. The van der Waals surface area contributed by atoms with Crippen LogP contribution in [0.25, 0.3) is 0 Å². The Kier molecular flexibility index (Phi) is 5.31. The lowest BCUT2D eigenvalue weighted by molar-refractivity contribution is -0.148. The van der Waals surface area contributed by atoms with Crippen molar-refractivity contribution in [1.82, 2.24) is 5.32 Å². The molecule has 0 aromatic rings. The van der Waals surface area contributed by atoms with Crippen LogP contribution in [-0.4, -0.2) is 34.5 Å². The Morgan fingerprint density at radius 2 is 1.94 bits per heavy atom. The second kappa shape index (κ2) is 6.28. The van der Waals surface area contributed by atoms with E-state index in [0.29, 0.717) is 23.8 Å². The highest BCUT2D eigenvalue weighted by Gasteiger charge is 2.41. The first kappa shape index (κ1) is 14.4. The molecule has 0 aromatic heterocycles. The standard InChI is InChI=1S/C12H21NO3S/c1-9(2)17-7-10(14)13-8-12(11(15)16)5-3-4-6-12/h9H,3-8H2,1-2H3,(H,13,14)(H,15,16). The van der Waals surface area contributed by atoms with Gasteiger partial charge in [0.05, 0.1) is 11.2 Å². The summed E-state index contributed by atoms with van der Waals surface area (Å²) in [6, 6.07) is 0. The molecule has 0 saturated heterocycles. The van der Waals surface area contributed by atoms with Gasteiger partial charge in [-0.15, -0.1) is 11.8 Å². The second-order valence-electron chi connectivity index (χ2n) is 4.93. The number of hydrogen-bond donors (Lipinski definition) is 2. The van der Waals surface area contributed by atoms with Crippen LogP contribution >= 0.6 is 11.8 Å². The zero-order valence-corrected chi connectivity index (χ0v) is 11.3. The van der Waals surface area contributed by atoms with Gasteiger partial charge in [-0.3, -0.25) is 9.59 Å². The van der Waals surface area contributed by atoms with Crippen molar-refractivity contribution in [3.63, 3.8) is 0 Å². The number of thioether (sulfide) groups is 1. The third kappa shape index (κ3) is 4.22. The number of carboxylic acids is 1. The van der Waals surface area contributed by atoms with E-state index in [9.17, 15) is 14.7 Å². The van der Waals surface area contributed by atoms with Gasteiger partial charge in [0.25, 0.3) is 0 Å². The number of carbonyl (C=O) groups excluding carboxylic acids is 1. The van der Waals surface area contributed by atoms with Crippen LogP contribution in [0.5, 0.6) is 0 Å².